The molecule has 4 N–H and O–H groups in total. The van der Waals surface area contributed by atoms with Gasteiger partial charge in [-0.2, -0.15) is 0 Å². The molecule has 2 aromatic rings. The van der Waals surface area contributed by atoms with Crippen LogP contribution in [0.4, 0.5) is 0 Å². The maximum atomic E-state index is 13.8. The predicted octanol–water partition coefficient (Wildman–Crippen LogP) is 4.14. The molecule has 1 unspecified atom stereocenters. The van der Waals surface area contributed by atoms with Crippen molar-refractivity contribution >= 4 is 5.97 Å². The van der Waals surface area contributed by atoms with Crippen LogP contribution in [0, 0.1) is 34.5 Å². The van der Waals surface area contributed by atoms with E-state index in [4.69, 9.17) is 4.74 Å². The molecule has 2 fully saturated rings. The second-order valence-electron chi connectivity index (χ2n) is 12.8. The first-order valence-corrected chi connectivity index (χ1v) is 13.9. The van der Waals surface area contributed by atoms with Crippen molar-refractivity contribution in [2.24, 2.45) is 34.5 Å². The van der Waals surface area contributed by atoms with Crippen LogP contribution in [0.25, 0.3) is 11.1 Å². The Morgan fingerprint density at radius 1 is 1.05 bits per heavy atom. The van der Waals surface area contributed by atoms with Crippen molar-refractivity contribution in [1.29, 1.82) is 0 Å². The maximum Gasteiger partial charge on any atom is 0.339 e. The third-order valence-electron chi connectivity index (χ3n) is 10.6. The largest absolute Gasteiger partial charge is 0.451 e. The van der Waals surface area contributed by atoms with Gasteiger partial charge in [-0.05, 0) is 64.9 Å². The van der Waals surface area contributed by atoms with Gasteiger partial charge in [0.25, 0.3) is 0 Å². The summed E-state index contributed by atoms with van der Waals surface area (Å²) in [6.07, 6.45) is 0.638. The number of carbonyl (C=O) groups is 1. The molecule has 206 valence electrons. The second kappa shape index (κ2) is 8.87. The third-order valence-corrected chi connectivity index (χ3v) is 10.6. The number of fused-ring (bicyclic) bond motifs is 3. The molecule has 39 heavy (non-hydrogen) atoms. The molecule has 0 heterocycles. The van der Waals surface area contributed by atoms with Crippen LogP contribution in [0.3, 0.4) is 0 Å². The number of benzene rings is 2. The molecule has 4 aliphatic rings. The first-order chi connectivity index (χ1) is 18.5. The fourth-order valence-electron chi connectivity index (χ4n) is 8.60. The number of aliphatic hydroxyl groups excluding tert-OH is 3. The molecule has 2 bridgehead atoms. The van der Waals surface area contributed by atoms with Crippen LogP contribution < -0.4 is 0 Å². The van der Waals surface area contributed by atoms with E-state index in [1.54, 1.807) is 25.1 Å². The molecular weight excluding hydrogens is 492 g/mol. The smallest absolute Gasteiger partial charge is 0.339 e. The fourth-order valence-corrected chi connectivity index (χ4v) is 8.60. The Labute approximate surface area is 229 Å². The Balaban J connectivity index is 1.44. The summed E-state index contributed by atoms with van der Waals surface area (Å²) in [6, 6.07) is 16.7. The van der Waals surface area contributed by atoms with Crippen LogP contribution in [-0.4, -0.2) is 56.9 Å². The Morgan fingerprint density at radius 2 is 1.72 bits per heavy atom. The minimum atomic E-state index is -2.06. The van der Waals surface area contributed by atoms with E-state index in [1.807, 2.05) is 55.5 Å². The molecule has 6 heteroatoms. The van der Waals surface area contributed by atoms with Crippen molar-refractivity contribution in [1.82, 2.24) is 0 Å². The molecule has 0 radical (unpaired) electrons. The van der Waals surface area contributed by atoms with Gasteiger partial charge in [0, 0.05) is 5.92 Å². The lowest BCUT2D eigenvalue weighted by Crippen LogP contribution is -2.66. The van der Waals surface area contributed by atoms with Crippen LogP contribution in [-0.2, 0) is 4.74 Å². The lowest BCUT2D eigenvalue weighted by molar-refractivity contribution is -0.215. The maximum absolute atomic E-state index is 13.8. The van der Waals surface area contributed by atoms with E-state index in [9.17, 15) is 25.2 Å². The number of rotatable bonds is 4. The average Bonchev–Trinajstić information content (AvgIpc) is 3.42. The Morgan fingerprint density at radius 3 is 2.41 bits per heavy atom. The first kappa shape index (κ1) is 26.5. The van der Waals surface area contributed by atoms with E-state index in [1.165, 1.54) is 0 Å². The lowest BCUT2D eigenvalue weighted by Gasteiger charge is -2.52. The Bertz CT molecular complexity index is 1360. The van der Waals surface area contributed by atoms with Gasteiger partial charge < -0.3 is 25.2 Å². The quantitative estimate of drug-likeness (QED) is 0.350. The third kappa shape index (κ3) is 3.45. The van der Waals surface area contributed by atoms with Crippen molar-refractivity contribution in [3.63, 3.8) is 0 Å². The van der Waals surface area contributed by atoms with Gasteiger partial charge in [-0.3, -0.25) is 0 Å². The summed E-state index contributed by atoms with van der Waals surface area (Å²) < 4.78 is 6.13. The van der Waals surface area contributed by atoms with Crippen LogP contribution in [0.5, 0.6) is 0 Å². The van der Waals surface area contributed by atoms with Crippen molar-refractivity contribution in [3.05, 3.63) is 83.5 Å². The number of carbonyl (C=O) groups excluding carboxylic acids is 1. The topological polar surface area (TPSA) is 107 Å². The number of hydrogen-bond donors (Lipinski definition) is 4. The Kier molecular flexibility index (Phi) is 6.01. The van der Waals surface area contributed by atoms with Crippen molar-refractivity contribution in [2.75, 3.05) is 6.61 Å². The minimum Gasteiger partial charge on any atom is -0.451 e. The van der Waals surface area contributed by atoms with E-state index in [2.05, 4.69) is 13.8 Å². The van der Waals surface area contributed by atoms with Crippen LogP contribution in [0.15, 0.2) is 77.9 Å². The van der Waals surface area contributed by atoms with Crippen LogP contribution in [0.1, 0.15) is 44.5 Å². The monoisotopic (exact) mass is 530 g/mol. The van der Waals surface area contributed by atoms with Crippen molar-refractivity contribution < 1.29 is 30.0 Å². The minimum absolute atomic E-state index is 0.0103. The molecule has 6 rings (SSSR count). The molecular formula is C33H38O6. The first-order valence-electron chi connectivity index (χ1n) is 13.9. The fraction of sp³-hybridized carbons (Fsp3) is 0.485. The van der Waals surface area contributed by atoms with Gasteiger partial charge in [0.15, 0.2) is 6.10 Å². The number of aliphatic hydroxyl groups is 4. The SMILES string of the molecule is CC1=C[C@]23C(O)[C@@H](C=C(CO)[C@@H](O)[C@]2(O)[C@H]1OC(=O)c1ccccc1-c1ccccc1)[C@H]1[C@@H](C[C@H]3C)C1(C)C. The molecule has 0 saturated heterocycles. The molecule has 6 nitrogen and oxygen atoms in total. The van der Waals surface area contributed by atoms with Crippen LogP contribution >= 0.6 is 0 Å². The van der Waals surface area contributed by atoms with Crippen molar-refractivity contribution in [2.45, 2.75) is 58.0 Å². The van der Waals surface area contributed by atoms with Gasteiger partial charge in [0.2, 0.25) is 0 Å². The summed E-state index contributed by atoms with van der Waals surface area (Å²) >= 11 is 0. The molecule has 0 aliphatic heterocycles. The second-order valence-corrected chi connectivity index (χ2v) is 12.8. The van der Waals surface area contributed by atoms with Gasteiger partial charge in [-0.25, -0.2) is 4.79 Å². The van der Waals surface area contributed by atoms with Gasteiger partial charge in [-0.1, -0.05) is 81.5 Å². The molecule has 0 aromatic heterocycles. The molecule has 2 aromatic carbocycles. The van der Waals surface area contributed by atoms with Crippen molar-refractivity contribution in [3.8, 4) is 11.1 Å². The van der Waals surface area contributed by atoms with Gasteiger partial charge in [0.1, 0.15) is 11.7 Å². The molecule has 0 amide bonds. The molecule has 2 saturated carbocycles. The van der Waals surface area contributed by atoms with E-state index in [-0.39, 0.29) is 28.7 Å². The summed E-state index contributed by atoms with van der Waals surface area (Å²) in [5.74, 6) is -0.681. The molecule has 4 aliphatic carbocycles. The molecule has 1 spiro atoms. The number of ether oxygens (including phenoxy) is 1. The standard InChI is InChI=1S/C33H38O6/c1-18-16-32-19(2)14-25-26(31(25,3)4)24(28(32)36)15-21(17-34)27(35)33(32,38)29(18)39-30(37)23-13-9-8-12-22(23)20-10-6-5-7-11-20/h5-13,15-16,19,24-29,34-36,38H,14,17H2,1-4H3/t19-,24+,25-,26+,27-,28?,29+,32+,33+/m1/s1. The van der Waals surface area contributed by atoms with Crippen LogP contribution in [0.2, 0.25) is 0 Å². The highest BCUT2D eigenvalue weighted by Crippen LogP contribution is 2.72. The summed E-state index contributed by atoms with van der Waals surface area (Å²) in [5, 5.41) is 46.9. The van der Waals surface area contributed by atoms with Gasteiger partial charge in [0.05, 0.1) is 23.7 Å². The highest BCUT2D eigenvalue weighted by Gasteiger charge is 2.76. The van der Waals surface area contributed by atoms with E-state index >= 15 is 0 Å². The van der Waals surface area contributed by atoms with E-state index < -0.39 is 41.9 Å². The predicted molar refractivity (Wildman–Crippen MR) is 147 cm³/mol. The summed E-state index contributed by atoms with van der Waals surface area (Å²) in [6.45, 7) is 7.72. The summed E-state index contributed by atoms with van der Waals surface area (Å²) in [4.78, 5) is 13.8. The zero-order valence-electron chi connectivity index (χ0n) is 22.9. The number of hydrogen-bond acceptors (Lipinski definition) is 6. The summed E-state index contributed by atoms with van der Waals surface area (Å²) in [5.41, 5.74) is -0.565. The van der Waals surface area contributed by atoms with Gasteiger partial charge >= 0.3 is 5.97 Å². The van der Waals surface area contributed by atoms with E-state index in [0.717, 1.165) is 12.0 Å². The lowest BCUT2D eigenvalue weighted by atomic mass is 9.58. The normalized spacial score (nSPS) is 39.8. The zero-order valence-corrected chi connectivity index (χ0v) is 22.9. The zero-order chi connectivity index (χ0) is 27.9. The van der Waals surface area contributed by atoms with Gasteiger partial charge in [-0.15, -0.1) is 0 Å². The Hall–Kier alpha value is -2.77. The summed E-state index contributed by atoms with van der Waals surface area (Å²) in [7, 11) is 0. The highest BCUT2D eigenvalue weighted by molar-refractivity contribution is 5.97. The average molecular weight is 531 g/mol. The number of esters is 1. The van der Waals surface area contributed by atoms with E-state index in [0.29, 0.717) is 22.6 Å². The molecule has 9 atom stereocenters. The highest BCUT2D eigenvalue weighted by atomic mass is 16.6.